The summed E-state index contributed by atoms with van der Waals surface area (Å²) in [5, 5.41) is 5.39. The van der Waals surface area contributed by atoms with E-state index in [2.05, 4.69) is 10.6 Å². The zero-order valence-electron chi connectivity index (χ0n) is 17.1. The lowest BCUT2D eigenvalue weighted by Crippen LogP contribution is -2.36. The van der Waals surface area contributed by atoms with Gasteiger partial charge in [-0.3, -0.25) is 14.4 Å². The van der Waals surface area contributed by atoms with Crippen LogP contribution in [0.25, 0.3) is 0 Å². The minimum atomic E-state index is -0.596. The topological polar surface area (TPSA) is 93.3 Å². The van der Waals surface area contributed by atoms with Crippen molar-refractivity contribution in [1.29, 1.82) is 0 Å². The van der Waals surface area contributed by atoms with Gasteiger partial charge in [0.1, 0.15) is 16.9 Å². The van der Waals surface area contributed by atoms with Crippen molar-refractivity contribution in [1.82, 2.24) is 15.2 Å². The van der Waals surface area contributed by atoms with Crippen molar-refractivity contribution in [2.24, 2.45) is 0 Å². The first-order valence-corrected chi connectivity index (χ1v) is 9.90. The lowest BCUT2D eigenvalue weighted by molar-refractivity contribution is 0.0933. The highest BCUT2D eigenvalue weighted by Crippen LogP contribution is 2.13. The molecule has 0 aliphatic carbocycles. The zero-order chi connectivity index (χ0) is 21.5. The van der Waals surface area contributed by atoms with Gasteiger partial charge in [0.05, 0.1) is 12.3 Å². The predicted molar refractivity (Wildman–Crippen MR) is 113 cm³/mol. The van der Waals surface area contributed by atoms with Gasteiger partial charge in [-0.15, -0.1) is 0 Å². The molecular formula is C23H25N3O4. The van der Waals surface area contributed by atoms with Crippen LogP contribution in [0.15, 0.2) is 70.3 Å². The van der Waals surface area contributed by atoms with E-state index >= 15 is 0 Å². The number of carbonyl (C=O) groups excluding carboxylic acids is 2. The Hall–Kier alpha value is -3.61. The molecule has 2 amide bonds. The summed E-state index contributed by atoms with van der Waals surface area (Å²) in [6.07, 6.45) is 5.22. The second-order valence-corrected chi connectivity index (χ2v) is 6.96. The molecule has 0 fully saturated rings. The summed E-state index contributed by atoms with van der Waals surface area (Å²) < 4.78 is 7.02. The van der Waals surface area contributed by atoms with Gasteiger partial charge in [-0.25, -0.2) is 0 Å². The maximum Gasteiger partial charge on any atom is 0.257 e. The first kappa shape index (κ1) is 21.1. The lowest BCUT2D eigenvalue weighted by Gasteiger charge is -2.14. The minimum absolute atomic E-state index is 0.0526. The number of benzene rings is 1. The van der Waals surface area contributed by atoms with Crippen LogP contribution in [-0.2, 0) is 13.0 Å². The Bertz CT molecular complexity index is 1060. The van der Waals surface area contributed by atoms with Gasteiger partial charge in [-0.05, 0) is 38.0 Å². The van der Waals surface area contributed by atoms with Crippen molar-refractivity contribution in [3.8, 4) is 0 Å². The summed E-state index contributed by atoms with van der Waals surface area (Å²) in [5.74, 6) is -0.471. The van der Waals surface area contributed by atoms with E-state index in [9.17, 15) is 14.4 Å². The van der Waals surface area contributed by atoms with Gasteiger partial charge in [-0.1, -0.05) is 30.3 Å². The van der Waals surface area contributed by atoms with E-state index < -0.39 is 23.3 Å². The van der Waals surface area contributed by atoms with Gasteiger partial charge in [0.25, 0.3) is 11.8 Å². The molecule has 0 bridgehead atoms. The summed E-state index contributed by atoms with van der Waals surface area (Å²) >= 11 is 0. The fourth-order valence-electron chi connectivity index (χ4n) is 3.13. The molecule has 2 heterocycles. The van der Waals surface area contributed by atoms with Crippen LogP contribution in [-0.4, -0.2) is 22.9 Å². The zero-order valence-corrected chi connectivity index (χ0v) is 17.1. The first-order valence-electron chi connectivity index (χ1n) is 9.90. The van der Waals surface area contributed by atoms with Crippen molar-refractivity contribution >= 4 is 11.8 Å². The monoisotopic (exact) mass is 407 g/mol. The number of nitrogens with zero attached hydrogens (tertiary/aromatic N) is 1. The van der Waals surface area contributed by atoms with Gasteiger partial charge in [-0.2, -0.15) is 0 Å². The number of nitrogens with one attached hydrogen (secondary N) is 2. The summed E-state index contributed by atoms with van der Waals surface area (Å²) in [6.45, 7) is 4.44. The average Bonchev–Trinajstić information content (AvgIpc) is 3.29. The van der Waals surface area contributed by atoms with Crippen molar-refractivity contribution in [2.75, 3.05) is 6.54 Å². The summed E-state index contributed by atoms with van der Waals surface area (Å²) in [5.41, 5.74) is 0.391. The van der Waals surface area contributed by atoms with E-state index in [1.807, 2.05) is 30.3 Å². The number of rotatable bonds is 8. The van der Waals surface area contributed by atoms with Crippen LogP contribution in [0.5, 0.6) is 0 Å². The molecule has 7 nitrogen and oxygen atoms in total. The number of hydrogen-bond donors (Lipinski definition) is 2. The Morgan fingerprint density at radius 1 is 1.03 bits per heavy atom. The van der Waals surface area contributed by atoms with Crippen LogP contribution in [0, 0.1) is 0 Å². The predicted octanol–water partition coefficient (Wildman–Crippen LogP) is 2.92. The van der Waals surface area contributed by atoms with Gasteiger partial charge in [0.15, 0.2) is 0 Å². The van der Waals surface area contributed by atoms with Crippen LogP contribution in [0.1, 0.15) is 51.9 Å². The van der Waals surface area contributed by atoms with Gasteiger partial charge in [0.2, 0.25) is 5.43 Å². The van der Waals surface area contributed by atoms with Crippen molar-refractivity contribution in [2.45, 2.75) is 32.9 Å². The van der Waals surface area contributed by atoms with E-state index in [1.165, 1.54) is 18.7 Å². The maximum absolute atomic E-state index is 12.9. The standard InChI is InChI=1S/C23H25N3O4/c1-3-24-22(28)18-14-26(12-11-17-8-5-4-6-9-17)15-19(21(18)27)23(29)25-16(2)20-10-7-13-30-20/h4-10,13-16H,3,11-12H2,1-2H3,(H,24,28)(H,25,29). The Balaban J connectivity index is 1.89. The molecule has 1 aromatic carbocycles. The molecule has 0 spiro atoms. The van der Waals surface area contributed by atoms with Crippen LogP contribution < -0.4 is 16.1 Å². The molecule has 1 unspecified atom stereocenters. The Morgan fingerprint density at radius 2 is 1.73 bits per heavy atom. The van der Waals surface area contributed by atoms with Crippen LogP contribution in [0.4, 0.5) is 0 Å². The molecule has 3 rings (SSSR count). The van der Waals surface area contributed by atoms with Gasteiger partial charge >= 0.3 is 0 Å². The smallest absolute Gasteiger partial charge is 0.257 e. The van der Waals surface area contributed by atoms with E-state index in [1.54, 1.807) is 30.5 Å². The molecule has 0 radical (unpaired) electrons. The third-order valence-electron chi connectivity index (χ3n) is 4.72. The van der Waals surface area contributed by atoms with Gasteiger partial charge < -0.3 is 19.6 Å². The number of carbonyl (C=O) groups is 2. The molecule has 0 aliphatic rings. The molecule has 1 atom stereocenters. The third-order valence-corrected chi connectivity index (χ3v) is 4.72. The molecule has 2 N–H and O–H groups in total. The van der Waals surface area contributed by atoms with Crippen molar-refractivity contribution in [3.05, 3.63) is 93.8 Å². The fourth-order valence-corrected chi connectivity index (χ4v) is 3.13. The molecule has 0 aliphatic heterocycles. The molecule has 3 aromatic rings. The fraction of sp³-hybridized carbons (Fsp3) is 0.261. The van der Waals surface area contributed by atoms with Crippen LogP contribution >= 0.6 is 0 Å². The van der Waals surface area contributed by atoms with E-state index in [-0.39, 0.29) is 11.1 Å². The number of hydrogen-bond acceptors (Lipinski definition) is 4. The molecule has 0 saturated carbocycles. The number of furan rings is 1. The Labute approximate surface area is 174 Å². The highest BCUT2D eigenvalue weighted by Gasteiger charge is 2.21. The van der Waals surface area contributed by atoms with Crippen LogP contribution in [0.2, 0.25) is 0 Å². The minimum Gasteiger partial charge on any atom is -0.467 e. The lowest BCUT2D eigenvalue weighted by atomic mass is 10.1. The van der Waals surface area contributed by atoms with Crippen molar-refractivity contribution in [3.63, 3.8) is 0 Å². The second-order valence-electron chi connectivity index (χ2n) is 6.96. The molecule has 7 heteroatoms. The second kappa shape index (κ2) is 9.73. The first-order chi connectivity index (χ1) is 14.5. The van der Waals surface area contributed by atoms with E-state index in [0.717, 1.165) is 5.56 Å². The quantitative estimate of drug-likeness (QED) is 0.600. The average molecular weight is 407 g/mol. The van der Waals surface area contributed by atoms with E-state index in [4.69, 9.17) is 4.42 Å². The number of aryl methyl sites for hydroxylation is 2. The molecule has 0 saturated heterocycles. The maximum atomic E-state index is 12.9. The van der Waals surface area contributed by atoms with Crippen LogP contribution in [0.3, 0.4) is 0 Å². The third kappa shape index (κ3) is 5.05. The van der Waals surface area contributed by atoms with E-state index in [0.29, 0.717) is 25.3 Å². The summed E-state index contributed by atoms with van der Waals surface area (Å²) in [6, 6.07) is 12.9. The molecule has 2 aromatic heterocycles. The number of amides is 2. The summed E-state index contributed by atoms with van der Waals surface area (Å²) in [4.78, 5) is 38.1. The number of aromatic nitrogens is 1. The highest BCUT2D eigenvalue weighted by molar-refractivity contribution is 5.99. The summed E-state index contributed by atoms with van der Waals surface area (Å²) in [7, 11) is 0. The molecule has 156 valence electrons. The Morgan fingerprint density at radius 3 is 2.37 bits per heavy atom. The largest absolute Gasteiger partial charge is 0.467 e. The highest BCUT2D eigenvalue weighted by atomic mass is 16.3. The number of pyridine rings is 1. The molecule has 30 heavy (non-hydrogen) atoms. The normalized spacial score (nSPS) is 11.7. The Kier molecular flexibility index (Phi) is 6.85. The van der Waals surface area contributed by atoms with Gasteiger partial charge in [0, 0.05) is 25.5 Å². The SMILES string of the molecule is CCNC(=O)c1cn(CCc2ccccc2)cc(C(=O)NC(C)c2ccco2)c1=O. The van der Waals surface area contributed by atoms with Crippen molar-refractivity contribution < 1.29 is 14.0 Å². The molecular weight excluding hydrogens is 382 g/mol.